The number of rotatable bonds is 5. The molecule has 0 radical (unpaired) electrons. The maximum absolute atomic E-state index is 14.4. The third kappa shape index (κ3) is 4.24. The summed E-state index contributed by atoms with van der Waals surface area (Å²) < 4.78 is 103. The van der Waals surface area contributed by atoms with Crippen molar-refractivity contribution < 1.29 is 45.2 Å². The molecular formula is C24H19F7N2O4. The summed E-state index contributed by atoms with van der Waals surface area (Å²) in [5.41, 5.74) is -4.79. The average molecular weight is 532 g/mol. The van der Waals surface area contributed by atoms with Crippen LogP contribution in [-0.4, -0.2) is 27.8 Å². The van der Waals surface area contributed by atoms with Gasteiger partial charge in [-0.15, -0.1) is 0 Å². The van der Waals surface area contributed by atoms with E-state index in [0.29, 0.717) is 18.2 Å². The third-order valence-electron chi connectivity index (χ3n) is 6.95. The zero-order chi connectivity index (χ0) is 27.6. The maximum Gasteiger partial charge on any atom is 0.424 e. The lowest BCUT2D eigenvalue weighted by Crippen LogP contribution is -2.57. The first kappa shape index (κ1) is 26.6. The number of hydrogen-bond donors (Lipinski definition) is 2. The Bertz CT molecular complexity index is 1460. The van der Waals surface area contributed by atoms with Gasteiger partial charge in [-0.2, -0.15) is 26.3 Å². The van der Waals surface area contributed by atoms with Crippen molar-refractivity contribution in [3.8, 4) is 0 Å². The summed E-state index contributed by atoms with van der Waals surface area (Å²) in [5, 5.41) is 14.0. The first-order chi connectivity index (χ1) is 17.0. The number of aromatic nitrogens is 1. The van der Waals surface area contributed by atoms with Gasteiger partial charge in [0.25, 0.3) is 0 Å². The summed E-state index contributed by atoms with van der Waals surface area (Å²) in [6.45, 7) is 1.32. The van der Waals surface area contributed by atoms with Gasteiger partial charge in [-0.3, -0.25) is 4.79 Å². The number of fused-ring (bicyclic) bond motifs is 1. The Labute approximate surface area is 203 Å². The Hall–Kier alpha value is -3.48. The molecule has 1 fully saturated rings. The van der Waals surface area contributed by atoms with Crippen molar-refractivity contribution in [2.45, 2.75) is 56.0 Å². The van der Waals surface area contributed by atoms with Gasteiger partial charge in [0.15, 0.2) is 0 Å². The lowest BCUT2D eigenvalue weighted by molar-refractivity contribution is -0.246. The van der Waals surface area contributed by atoms with E-state index in [1.54, 1.807) is 0 Å². The molecule has 6 nitrogen and oxygen atoms in total. The van der Waals surface area contributed by atoms with Crippen molar-refractivity contribution in [2.24, 2.45) is 0 Å². The smallest absolute Gasteiger partial charge is 0.398 e. The van der Waals surface area contributed by atoms with Gasteiger partial charge in [-0.05, 0) is 61.1 Å². The van der Waals surface area contributed by atoms with Gasteiger partial charge in [0.05, 0.1) is 22.3 Å². The Morgan fingerprint density at radius 1 is 1.14 bits per heavy atom. The van der Waals surface area contributed by atoms with Crippen LogP contribution in [0.2, 0.25) is 0 Å². The van der Waals surface area contributed by atoms with Crippen molar-refractivity contribution in [3.63, 3.8) is 0 Å². The highest BCUT2D eigenvalue weighted by Gasteiger charge is 2.64. The zero-order valence-electron chi connectivity index (χ0n) is 19.1. The molecule has 37 heavy (non-hydrogen) atoms. The molecule has 3 N–H and O–H groups in total. The molecule has 1 aromatic heterocycles. The number of nitrogens with zero attached hydrogens (tertiary/aromatic N) is 1. The van der Waals surface area contributed by atoms with Crippen molar-refractivity contribution in [3.05, 3.63) is 69.0 Å². The standard InChI is InChI=1S/C24H19F7N2O4/c1-11-17-13(20(35)37-33-11)4-5-14(18(17)32)19(34)22(36,24(29,30)31)10-21(7-2-8-21)16-9-12(25)3-6-15(16)23(26,27)28/h3-6,9,36H,2,7-8,10,32H2,1H3. The van der Waals surface area contributed by atoms with Gasteiger partial charge >= 0.3 is 18.0 Å². The van der Waals surface area contributed by atoms with E-state index in [1.165, 1.54) is 6.92 Å². The highest BCUT2D eigenvalue weighted by molar-refractivity contribution is 6.12. The minimum absolute atomic E-state index is 0.0256. The summed E-state index contributed by atoms with van der Waals surface area (Å²) in [7, 11) is 0. The number of carbonyl (C=O) groups is 1. The van der Waals surface area contributed by atoms with Crippen LogP contribution in [0.25, 0.3) is 10.8 Å². The second-order valence-corrected chi connectivity index (χ2v) is 9.19. The van der Waals surface area contributed by atoms with Crippen LogP contribution >= 0.6 is 0 Å². The van der Waals surface area contributed by atoms with Crippen LogP contribution in [-0.2, 0) is 11.6 Å². The lowest BCUT2D eigenvalue weighted by atomic mass is 9.58. The monoisotopic (exact) mass is 532 g/mol. The van der Waals surface area contributed by atoms with Crippen LogP contribution in [0, 0.1) is 12.7 Å². The van der Waals surface area contributed by atoms with Gasteiger partial charge in [0, 0.05) is 17.4 Å². The van der Waals surface area contributed by atoms with Crippen LogP contribution in [0.4, 0.5) is 36.4 Å². The average Bonchev–Trinajstić information content (AvgIpc) is 2.76. The highest BCUT2D eigenvalue weighted by atomic mass is 19.4. The van der Waals surface area contributed by atoms with Gasteiger partial charge in [0.2, 0.25) is 11.4 Å². The van der Waals surface area contributed by atoms with E-state index in [-0.39, 0.29) is 35.7 Å². The van der Waals surface area contributed by atoms with Crippen LogP contribution in [0.1, 0.15) is 52.9 Å². The van der Waals surface area contributed by atoms with E-state index in [4.69, 9.17) is 5.73 Å². The fourth-order valence-electron chi connectivity index (χ4n) is 4.95. The van der Waals surface area contributed by atoms with Gasteiger partial charge in [0.1, 0.15) is 5.82 Å². The van der Waals surface area contributed by atoms with Crippen LogP contribution in [0.5, 0.6) is 0 Å². The molecule has 1 aliphatic carbocycles. The van der Waals surface area contributed by atoms with Crippen LogP contribution in [0.3, 0.4) is 0 Å². The molecule has 1 saturated carbocycles. The number of nitrogens with two attached hydrogens (primary N) is 1. The number of anilines is 1. The molecule has 0 bridgehead atoms. The molecule has 0 amide bonds. The summed E-state index contributed by atoms with van der Waals surface area (Å²) >= 11 is 0. The normalized spacial score (nSPS) is 17.3. The molecule has 0 spiro atoms. The topological polar surface area (TPSA) is 106 Å². The number of carbonyl (C=O) groups excluding carboxylic acids is 1. The quantitative estimate of drug-likeness (QED) is 0.265. The molecule has 1 unspecified atom stereocenters. The molecule has 13 heteroatoms. The SMILES string of the molecule is Cc1noc(=O)c2ccc(C(=O)C(O)(CC3(c4cc(F)ccc4C(F)(F)F)CCC3)C(F)(F)F)c(N)c12. The van der Waals surface area contributed by atoms with E-state index < -0.39 is 69.4 Å². The van der Waals surface area contributed by atoms with Crippen molar-refractivity contribution >= 4 is 22.2 Å². The number of aliphatic hydroxyl groups is 1. The Kier molecular flexibility index (Phi) is 6.13. The number of hydrogen-bond acceptors (Lipinski definition) is 6. The molecule has 4 rings (SSSR count). The lowest BCUT2D eigenvalue weighted by Gasteiger charge is -2.48. The minimum Gasteiger partial charge on any atom is -0.398 e. The minimum atomic E-state index is -5.65. The Balaban J connectivity index is 1.89. The molecule has 0 aliphatic heterocycles. The van der Waals surface area contributed by atoms with E-state index in [2.05, 4.69) is 9.68 Å². The van der Waals surface area contributed by atoms with Crippen LogP contribution < -0.4 is 11.4 Å². The van der Waals surface area contributed by atoms with Crippen molar-refractivity contribution in [1.29, 1.82) is 0 Å². The number of alkyl halides is 6. The fraction of sp³-hybridized carbons (Fsp3) is 0.375. The van der Waals surface area contributed by atoms with Crippen molar-refractivity contribution in [1.82, 2.24) is 5.16 Å². The molecule has 198 valence electrons. The van der Waals surface area contributed by atoms with E-state index in [9.17, 15) is 45.4 Å². The maximum atomic E-state index is 14.4. The molecule has 0 saturated heterocycles. The number of benzene rings is 2. The number of aryl methyl sites for hydroxylation is 1. The summed E-state index contributed by atoms with van der Waals surface area (Å²) in [4.78, 5) is 25.2. The predicted molar refractivity (Wildman–Crippen MR) is 116 cm³/mol. The largest absolute Gasteiger partial charge is 0.424 e. The number of halogens is 7. The Morgan fingerprint density at radius 2 is 1.78 bits per heavy atom. The number of Topliss-reactive ketones (excluding diaryl/α,β-unsaturated/α-hetero) is 1. The summed E-state index contributed by atoms with van der Waals surface area (Å²) in [5.74, 6) is -3.04. The highest BCUT2D eigenvalue weighted by Crippen LogP contribution is 2.55. The molecule has 1 atom stereocenters. The summed E-state index contributed by atoms with van der Waals surface area (Å²) in [6.07, 6.45) is -12.5. The third-order valence-corrected chi connectivity index (χ3v) is 6.95. The van der Waals surface area contributed by atoms with E-state index in [0.717, 1.165) is 12.1 Å². The zero-order valence-corrected chi connectivity index (χ0v) is 19.1. The molecule has 3 aromatic rings. The first-order valence-electron chi connectivity index (χ1n) is 10.9. The first-order valence-corrected chi connectivity index (χ1v) is 10.9. The second-order valence-electron chi connectivity index (χ2n) is 9.19. The van der Waals surface area contributed by atoms with Crippen LogP contribution in [0.15, 0.2) is 39.6 Å². The number of nitrogen functional groups attached to an aromatic ring is 1. The van der Waals surface area contributed by atoms with Crippen molar-refractivity contribution in [2.75, 3.05) is 5.73 Å². The molecule has 1 heterocycles. The second kappa shape index (κ2) is 8.54. The summed E-state index contributed by atoms with van der Waals surface area (Å²) in [6, 6.07) is 3.21. The fourth-order valence-corrected chi connectivity index (χ4v) is 4.95. The van der Waals surface area contributed by atoms with Gasteiger partial charge in [-0.1, -0.05) is 11.6 Å². The van der Waals surface area contributed by atoms with E-state index in [1.807, 2.05) is 0 Å². The molecule has 2 aromatic carbocycles. The van der Waals surface area contributed by atoms with E-state index >= 15 is 0 Å². The van der Waals surface area contributed by atoms with Gasteiger partial charge < -0.3 is 15.4 Å². The molecule has 1 aliphatic rings. The predicted octanol–water partition coefficient (Wildman–Crippen LogP) is 5.22. The number of ketones is 1. The molecular weight excluding hydrogens is 513 g/mol. The van der Waals surface area contributed by atoms with Gasteiger partial charge in [-0.25, -0.2) is 9.18 Å². The Morgan fingerprint density at radius 3 is 2.32 bits per heavy atom.